The molecular weight excluding hydrogens is 430 g/mol. The van der Waals surface area contributed by atoms with Crippen LogP contribution < -0.4 is 15.4 Å². The first kappa shape index (κ1) is 21.4. The summed E-state index contributed by atoms with van der Waals surface area (Å²) in [5.41, 5.74) is 2.08. The Morgan fingerprint density at radius 2 is 2.17 bits per heavy atom. The van der Waals surface area contributed by atoms with E-state index in [0.717, 1.165) is 0 Å². The Labute approximate surface area is 181 Å². The van der Waals surface area contributed by atoms with Gasteiger partial charge in [0.25, 0.3) is 0 Å². The number of anilines is 3. The van der Waals surface area contributed by atoms with Crippen LogP contribution in [0.15, 0.2) is 48.7 Å². The summed E-state index contributed by atoms with van der Waals surface area (Å²) in [5.74, 6) is -0.353. The molecule has 3 rings (SSSR count). The Hall–Kier alpha value is -3.34. The number of aromatic nitrogens is 1. The van der Waals surface area contributed by atoms with Crippen molar-refractivity contribution in [3.8, 4) is 11.8 Å². The zero-order valence-corrected chi connectivity index (χ0v) is 17.2. The number of amides is 1. The van der Waals surface area contributed by atoms with Crippen LogP contribution in [0.1, 0.15) is 5.56 Å². The van der Waals surface area contributed by atoms with E-state index in [4.69, 9.17) is 27.9 Å². The molecule has 0 saturated heterocycles. The van der Waals surface area contributed by atoms with Crippen molar-refractivity contribution >= 4 is 57.1 Å². The third kappa shape index (κ3) is 4.62. The quantitative estimate of drug-likeness (QED) is 0.393. The number of halogens is 3. The molecule has 1 aromatic heterocycles. The Bertz CT molecular complexity index is 1190. The molecule has 9 heteroatoms. The standard InChI is InChI=1S/C21H15Cl2FN4O2/c1-30-19-9-17-14(8-18(19)28-20(29)3-2-6-22)21(12(10-25)11-26-17)27-13-4-5-16(24)15(23)7-13/h2-5,7-9,11H,6H2,1H3,(H,26,27)(H,28,29). The molecule has 0 aliphatic rings. The molecule has 2 N–H and O–H groups in total. The van der Waals surface area contributed by atoms with Gasteiger partial charge < -0.3 is 15.4 Å². The highest BCUT2D eigenvalue weighted by Crippen LogP contribution is 2.36. The van der Waals surface area contributed by atoms with Crippen LogP contribution in [-0.4, -0.2) is 23.9 Å². The number of fused-ring (bicyclic) bond motifs is 1. The number of benzene rings is 2. The van der Waals surface area contributed by atoms with Gasteiger partial charge in [-0.05, 0) is 24.3 Å². The second kappa shape index (κ2) is 9.44. The summed E-state index contributed by atoms with van der Waals surface area (Å²) in [4.78, 5) is 16.4. The van der Waals surface area contributed by atoms with Crippen molar-refractivity contribution in [3.63, 3.8) is 0 Å². The maximum Gasteiger partial charge on any atom is 0.248 e. The number of allylic oxidation sites excluding steroid dienone is 1. The minimum atomic E-state index is -0.554. The van der Waals surface area contributed by atoms with E-state index in [1.165, 1.54) is 43.7 Å². The third-order valence-corrected chi connectivity index (χ3v) is 4.58. The van der Waals surface area contributed by atoms with Crippen molar-refractivity contribution < 1.29 is 13.9 Å². The van der Waals surface area contributed by atoms with Gasteiger partial charge in [0.15, 0.2) is 0 Å². The average Bonchev–Trinajstić information content (AvgIpc) is 2.74. The lowest BCUT2D eigenvalue weighted by Crippen LogP contribution is -2.09. The highest BCUT2D eigenvalue weighted by molar-refractivity contribution is 6.31. The van der Waals surface area contributed by atoms with Crippen LogP contribution in [-0.2, 0) is 4.79 Å². The largest absolute Gasteiger partial charge is 0.494 e. The minimum Gasteiger partial charge on any atom is -0.494 e. The molecule has 0 fully saturated rings. The van der Waals surface area contributed by atoms with Gasteiger partial charge in [0.05, 0.1) is 34.6 Å². The van der Waals surface area contributed by atoms with E-state index in [2.05, 4.69) is 21.7 Å². The lowest BCUT2D eigenvalue weighted by atomic mass is 10.1. The molecule has 1 heterocycles. The first-order valence-corrected chi connectivity index (χ1v) is 9.54. The summed E-state index contributed by atoms with van der Waals surface area (Å²) < 4.78 is 18.8. The zero-order valence-electron chi connectivity index (χ0n) is 15.7. The van der Waals surface area contributed by atoms with E-state index in [1.54, 1.807) is 12.1 Å². The van der Waals surface area contributed by atoms with E-state index in [1.807, 2.05) is 0 Å². The van der Waals surface area contributed by atoms with Gasteiger partial charge in [-0.2, -0.15) is 5.26 Å². The number of alkyl halides is 1. The Balaban J connectivity index is 2.13. The van der Waals surface area contributed by atoms with Crippen LogP contribution in [0.3, 0.4) is 0 Å². The molecular formula is C21H15Cl2FN4O2. The van der Waals surface area contributed by atoms with Gasteiger partial charge >= 0.3 is 0 Å². The van der Waals surface area contributed by atoms with Crippen molar-refractivity contribution in [1.82, 2.24) is 4.98 Å². The summed E-state index contributed by atoms with van der Waals surface area (Å²) in [6.45, 7) is 0. The molecule has 0 aliphatic heterocycles. The van der Waals surface area contributed by atoms with Crippen molar-refractivity contribution in [2.45, 2.75) is 0 Å². The lowest BCUT2D eigenvalue weighted by molar-refractivity contribution is -0.111. The molecule has 30 heavy (non-hydrogen) atoms. The molecule has 0 bridgehead atoms. The van der Waals surface area contributed by atoms with Crippen molar-refractivity contribution in [2.75, 3.05) is 23.6 Å². The van der Waals surface area contributed by atoms with E-state index < -0.39 is 11.7 Å². The number of hydrogen-bond donors (Lipinski definition) is 2. The maximum absolute atomic E-state index is 13.5. The number of nitriles is 1. The number of hydrogen-bond acceptors (Lipinski definition) is 5. The van der Waals surface area contributed by atoms with Gasteiger partial charge in [-0.3, -0.25) is 9.78 Å². The predicted molar refractivity (Wildman–Crippen MR) is 116 cm³/mol. The summed E-state index contributed by atoms with van der Waals surface area (Å²) in [6.07, 6.45) is 4.22. The number of pyridine rings is 1. The fraction of sp³-hybridized carbons (Fsp3) is 0.0952. The SMILES string of the molecule is COc1cc2ncc(C#N)c(Nc3ccc(F)c(Cl)c3)c2cc1NC(=O)C=CCCl. The molecule has 1 amide bonds. The maximum atomic E-state index is 13.5. The molecule has 3 aromatic rings. The second-order valence-electron chi connectivity index (χ2n) is 6.03. The lowest BCUT2D eigenvalue weighted by Gasteiger charge is -2.15. The van der Waals surface area contributed by atoms with Gasteiger partial charge in [0.1, 0.15) is 17.6 Å². The molecule has 0 spiro atoms. The fourth-order valence-corrected chi connectivity index (χ4v) is 3.02. The number of nitrogens with zero attached hydrogens (tertiary/aromatic N) is 2. The van der Waals surface area contributed by atoms with E-state index in [9.17, 15) is 14.4 Å². The monoisotopic (exact) mass is 444 g/mol. The number of nitrogens with one attached hydrogen (secondary N) is 2. The molecule has 0 aliphatic carbocycles. The number of methoxy groups -OCH3 is 1. The highest BCUT2D eigenvalue weighted by Gasteiger charge is 2.15. The second-order valence-corrected chi connectivity index (χ2v) is 6.74. The zero-order chi connectivity index (χ0) is 21.7. The molecule has 152 valence electrons. The summed E-state index contributed by atoms with van der Waals surface area (Å²) in [7, 11) is 1.47. The number of ether oxygens (including phenoxy) is 1. The van der Waals surface area contributed by atoms with Crippen LogP contribution in [0.25, 0.3) is 10.9 Å². The van der Waals surface area contributed by atoms with Gasteiger partial charge in [0.2, 0.25) is 5.91 Å². The van der Waals surface area contributed by atoms with Gasteiger partial charge in [-0.25, -0.2) is 4.39 Å². The molecule has 0 saturated carbocycles. The van der Waals surface area contributed by atoms with Crippen LogP contribution in [0.4, 0.5) is 21.5 Å². The van der Waals surface area contributed by atoms with Gasteiger partial charge in [0, 0.05) is 35.3 Å². The van der Waals surface area contributed by atoms with E-state index in [-0.39, 0.29) is 16.5 Å². The van der Waals surface area contributed by atoms with Crippen LogP contribution in [0.2, 0.25) is 5.02 Å². The van der Waals surface area contributed by atoms with Crippen LogP contribution in [0, 0.1) is 17.1 Å². The number of carbonyl (C=O) groups excluding carboxylic acids is 1. The topological polar surface area (TPSA) is 87.0 Å². The van der Waals surface area contributed by atoms with Crippen LogP contribution >= 0.6 is 23.2 Å². The number of carbonyl (C=O) groups is 1. The normalized spacial score (nSPS) is 10.8. The van der Waals surface area contributed by atoms with Crippen molar-refractivity contribution in [1.29, 1.82) is 5.26 Å². The average molecular weight is 445 g/mol. The van der Waals surface area contributed by atoms with E-state index in [0.29, 0.717) is 33.7 Å². The van der Waals surface area contributed by atoms with Gasteiger partial charge in [-0.15, -0.1) is 11.6 Å². The smallest absolute Gasteiger partial charge is 0.248 e. The summed E-state index contributed by atoms with van der Waals surface area (Å²) in [6, 6.07) is 9.48. The third-order valence-electron chi connectivity index (χ3n) is 4.11. The first-order valence-electron chi connectivity index (χ1n) is 8.63. The first-order chi connectivity index (χ1) is 14.5. The summed E-state index contributed by atoms with van der Waals surface area (Å²) in [5, 5.41) is 15.8. The highest BCUT2D eigenvalue weighted by atomic mass is 35.5. The minimum absolute atomic E-state index is 0.0578. The Morgan fingerprint density at radius 3 is 2.83 bits per heavy atom. The Morgan fingerprint density at radius 1 is 1.37 bits per heavy atom. The fourth-order valence-electron chi connectivity index (χ4n) is 2.75. The van der Waals surface area contributed by atoms with E-state index >= 15 is 0 Å². The predicted octanol–water partition coefficient (Wildman–Crippen LogP) is 5.38. The Kier molecular flexibility index (Phi) is 6.72. The molecule has 0 atom stereocenters. The summed E-state index contributed by atoms with van der Waals surface area (Å²) >= 11 is 11.4. The molecule has 2 aromatic carbocycles. The van der Waals surface area contributed by atoms with Crippen molar-refractivity contribution in [3.05, 3.63) is 65.1 Å². The molecule has 0 radical (unpaired) electrons. The molecule has 6 nitrogen and oxygen atoms in total. The van der Waals surface area contributed by atoms with Gasteiger partial charge in [-0.1, -0.05) is 17.7 Å². The number of rotatable bonds is 6. The van der Waals surface area contributed by atoms with Crippen molar-refractivity contribution in [2.24, 2.45) is 0 Å². The molecule has 0 unspecified atom stereocenters. The van der Waals surface area contributed by atoms with Crippen LogP contribution in [0.5, 0.6) is 5.75 Å².